The van der Waals surface area contributed by atoms with Crippen LogP contribution in [0.1, 0.15) is 132 Å². The van der Waals surface area contributed by atoms with E-state index in [-0.39, 0.29) is 29.7 Å². The molecule has 11 atom stereocenters. The highest BCUT2D eigenvalue weighted by molar-refractivity contribution is 6.54. The molecule has 6 rings (SSSR count). The molecule has 1 aliphatic heterocycles. The van der Waals surface area contributed by atoms with Crippen molar-refractivity contribution in [2.24, 2.45) is 16.7 Å². The maximum absolute atomic E-state index is 15.6. The maximum Gasteiger partial charge on any atom is 0.681 e. The van der Waals surface area contributed by atoms with Gasteiger partial charge in [-0.25, -0.2) is 14.4 Å². The molecule has 1 heterocycles. The van der Waals surface area contributed by atoms with Crippen molar-refractivity contribution in [2.75, 3.05) is 6.61 Å². The van der Waals surface area contributed by atoms with Crippen molar-refractivity contribution in [3.63, 3.8) is 0 Å². The number of aliphatic hydroxyl groups is 3. The van der Waals surface area contributed by atoms with Crippen LogP contribution in [-0.4, -0.2) is 132 Å². The van der Waals surface area contributed by atoms with Crippen LogP contribution in [-0.2, 0) is 55.8 Å². The number of ketones is 1. The third kappa shape index (κ3) is 10.9. The van der Waals surface area contributed by atoms with Gasteiger partial charge in [0.05, 0.1) is 35.6 Å². The van der Waals surface area contributed by atoms with Gasteiger partial charge in [-0.2, -0.15) is 0 Å². The summed E-state index contributed by atoms with van der Waals surface area (Å²) in [6.45, 7) is 22.4. The smallest absolute Gasteiger partial charge is 0.456 e. The molecule has 392 valence electrons. The molecule has 3 aliphatic carbocycles. The van der Waals surface area contributed by atoms with Gasteiger partial charge >= 0.3 is 33.0 Å². The van der Waals surface area contributed by atoms with Crippen LogP contribution in [0.4, 0.5) is 4.79 Å². The molecule has 2 bridgehead atoms. The largest absolute Gasteiger partial charge is 0.681 e. The van der Waals surface area contributed by atoms with E-state index >= 15 is 9.59 Å². The predicted molar refractivity (Wildman–Crippen MR) is 257 cm³/mol. The monoisotopic (exact) mass is 1010 g/mol. The molecule has 1 amide bonds. The number of fused-ring (bicyclic) bond motifs is 5. The summed E-state index contributed by atoms with van der Waals surface area (Å²) in [5, 5.41) is 41.3. The van der Waals surface area contributed by atoms with Crippen LogP contribution in [0.15, 0.2) is 71.8 Å². The first-order chi connectivity index (χ1) is 32.9. The van der Waals surface area contributed by atoms with E-state index in [9.17, 15) is 29.7 Å². The Bertz CT molecular complexity index is 2290. The van der Waals surface area contributed by atoms with Crippen molar-refractivity contribution < 1.29 is 80.7 Å². The lowest BCUT2D eigenvalue weighted by atomic mass is 9.44. The highest BCUT2D eigenvalue weighted by atomic mass is 28.4. The minimum Gasteiger partial charge on any atom is -0.456 e. The Morgan fingerprint density at radius 2 is 1.38 bits per heavy atom. The molecule has 18 nitrogen and oxygen atoms in total. The van der Waals surface area contributed by atoms with Crippen molar-refractivity contribution in [3.8, 4) is 0 Å². The lowest BCUT2D eigenvalue weighted by molar-refractivity contribution is -0.346. The quantitative estimate of drug-likeness (QED) is 0.0653. The second kappa shape index (κ2) is 20.7. The zero-order valence-electron chi connectivity index (χ0n) is 43.3. The molecule has 0 aromatic heterocycles. The third-order valence-corrected chi connectivity index (χ3v) is 16.8. The first kappa shape index (κ1) is 55.7. The van der Waals surface area contributed by atoms with Crippen LogP contribution < -0.4 is 5.32 Å². The van der Waals surface area contributed by atoms with Gasteiger partial charge in [-0.05, 0) is 105 Å². The summed E-state index contributed by atoms with van der Waals surface area (Å²) >= 11 is 0. The first-order valence-corrected chi connectivity index (χ1v) is 25.9. The summed E-state index contributed by atoms with van der Waals surface area (Å²) in [5.74, 6) is -5.33. The van der Waals surface area contributed by atoms with Crippen LogP contribution in [0, 0.1) is 16.7 Å². The molecule has 4 N–H and O–H groups in total. The fraction of sp³-hybridized carbons (Fsp3) is 0.635. The molecule has 2 aromatic carbocycles. The summed E-state index contributed by atoms with van der Waals surface area (Å²) in [7, 11) is -4.48. The topological polar surface area (TPSA) is 241 Å². The number of hydrogen-bond donors (Lipinski definition) is 4. The predicted octanol–water partition coefficient (Wildman–Crippen LogP) is 5.99. The molecule has 2 aromatic rings. The van der Waals surface area contributed by atoms with E-state index in [1.54, 1.807) is 132 Å². The van der Waals surface area contributed by atoms with E-state index in [1.165, 1.54) is 19.1 Å². The maximum atomic E-state index is 15.6. The minimum absolute atomic E-state index is 0.0713. The molecule has 0 spiro atoms. The number of hydrogen-bond acceptors (Lipinski definition) is 17. The van der Waals surface area contributed by atoms with Crippen molar-refractivity contribution in [1.82, 2.24) is 5.32 Å². The van der Waals surface area contributed by atoms with Crippen LogP contribution in [0.2, 0.25) is 0 Å². The van der Waals surface area contributed by atoms with Crippen LogP contribution >= 0.6 is 0 Å². The molecular weight excluding hydrogens is 939 g/mol. The number of carbonyl (C=O) groups excluding carboxylic acids is 5. The van der Waals surface area contributed by atoms with E-state index in [4.69, 9.17) is 41.4 Å². The van der Waals surface area contributed by atoms with Gasteiger partial charge in [0.15, 0.2) is 17.5 Å². The summed E-state index contributed by atoms with van der Waals surface area (Å²) in [5.41, 5.74) is -8.39. The van der Waals surface area contributed by atoms with Gasteiger partial charge in [-0.1, -0.05) is 62.4 Å². The van der Waals surface area contributed by atoms with E-state index in [1.807, 2.05) is 0 Å². The van der Waals surface area contributed by atoms with Crippen molar-refractivity contribution in [2.45, 2.75) is 188 Å². The summed E-state index contributed by atoms with van der Waals surface area (Å²) in [4.78, 5) is 72.3. The number of alkyl carbamates (subject to hydrolysis) is 1. The fourth-order valence-corrected chi connectivity index (χ4v) is 13.5. The number of aliphatic hydroxyl groups excluding tert-OH is 2. The second-order valence-electron chi connectivity index (χ2n) is 21.7. The van der Waals surface area contributed by atoms with Gasteiger partial charge in [0, 0.05) is 43.5 Å². The molecule has 19 heteroatoms. The van der Waals surface area contributed by atoms with Crippen LogP contribution in [0.3, 0.4) is 0 Å². The number of Topliss-reactive ketones (excluding diaryl/α,β-unsaturated/α-hetero) is 1. The molecular formula is C52H73NO17Si. The first-order valence-electron chi connectivity index (χ1n) is 24.3. The van der Waals surface area contributed by atoms with E-state index in [0.717, 1.165) is 6.92 Å². The van der Waals surface area contributed by atoms with E-state index < -0.39 is 140 Å². The Labute approximate surface area is 417 Å². The summed E-state index contributed by atoms with van der Waals surface area (Å²) in [6.07, 6.45) is -13.3. The SMILES string of the molecule is CC(=O)O[C@@]12CO[C@@H]1C[C@H](O)[C@@]1(C)C(=O)[C@H](O)C3=C(C)[C@@H](OC(=O)[C@H](O[Si](OC(C)C)(OC(C)C)OC(C)C)[C@@H](NC(=O)OC(C)(C)C)c4ccccc4)C[C@@](O)([C@@H](OC(=O)c4ccccc4)[C@H]21)C3(C)C. The average Bonchev–Trinajstić information content (AvgIpc) is 3.25. The Morgan fingerprint density at radius 1 is 0.831 bits per heavy atom. The minimum atomic E-state index is -4.48. The van der Waals surface area contributed by atoms with E-state index in [2.05, 4.69) is 5.32 Å². The van der Waals surface area contributed by atoms with Gasteiger partial charge in [-0.3, -0.25) is 9.59 Å². The molecule has 0 unspecified atom stereocenters. The van der Waals surface area contributed by atoms with Crippen LogP contribution in [0.25, 0.3) is 0 Å². The molecule has 4 aliphatic rings. The number of nitrogens with one attached hydrogen (secondary N) is 1. The van der Waals surface area contributed by atoms with Crippen molar-refractivity contribution in [1.29, 1.82) is 0 Å². The van der Waals surface area contributed by atoms with Gasteiger partial charge in [0.1, 0.15) is 35.6 Å². The van der Waals surface area contributed by atoms with Gasteiger partial charge < -0.3 is 62.0 Å². The van der Waals surface area contributed by atoms with Crippen molar-refractivity contribution >= 4 is 38.8 Å². The third-order valence-electron chi connectivity index (χ3n) is 14.0. The molecule has 0 radical (unpaired) electrons. The van der Waals surface area contributed by atoms with Gasteiger partial charge in [0.2, 0.25) is 0 Å². The number of amides is 1. The normalized spacial score (nSPS) is 30.2. The number of carbonyl (C=O) groups is 5. The second-order valence-corrected chi connectivity index (χ2v) is 23.6. The molecule has 1 saturated heterocycles. The Morgan fingerprint density at radius 3 is 1.87 bits per heavy atom. The number of benzene rings is 2. The Balaban J connectivity index is 1.58. The Hall–Kier alpha value is -4.57. The lowest BCUT2D eigenvalue weighted by Gasteiger charge is -2.67. The summed E-state index contributed by atoms with van der Waals surface area (Å²) < 4.78 is 56.7. The van der Waals surface area contributed by atoms with Crippen LogP contribution in [0.5, 0.6) is 0 Å². The van der Waals surface area contributed by atoms with Gasteiger partial charge in [-0.15, -0.1) is 0 Å². The molecule has 71 heavy (non-hydrogen) atoms. The fourth-order valence-electron chi connectivity index (χ4n) is 10.9. The zero-order valence-corrected chi connectivity index (χ0v) is 44.3. The summed E-state index contributed by atoms with van der Waals surface area (Å²) in [6, 6.07) is 14.9. The number of rotatable bonds is 16. The molecule has 3 fully saturated rings. The highest BCUT2D eigenvalue weighted by Crippen LogP contribution is 2.64. The highest BCUT2D eigenvalue weighted by Gasteiger charge is 2.78. The average molecular weight is 1010 g/mol. The standard InChI is InChI=1S/C52H73NO17Si/c1-28(2)67-71(68-29(3)4,69-30(5)6)70-41(39(33-21-17-15-18-22-33)53-47(60)66-48(9,10)11)46(59)63-35-26-52(61)44(64-45(58)34-23-19-16-20-24-34)42-50(14,43(57)40(56)38(31(35)7)49(52,12)13)36(55)25-37-51(42,27-62-37)65-32(8)54/h15-24,28-30,35-37,39-42,44,55-56,61H,25-27H2,1-14H3,(H,53,60)/t35-,36-,37+,39-,40+,41+,42-,44-,50+,51-,52+/m0/s1. The number of esters is 3. The Kier molecular flexibility index (Phi) is 16.3. The number of ether oxygens (including phenoxy) is 5. The van der Waals surface area contributed by atoms with E-state index in [0.29, 0.717) is 5.56 Å². The molecule has 2 saturated carbocycles. The lowest BCUT2D eigenvalue weighted by Crippen LogP contribution is -2.81. The zero-order chi connectivity index (χ0) is 52.8. The van der Waals surface area contributed by atoms with Gasteiger partial charge in [0.25, 0.3) is 0 Å². The van der Waals surface area contributed by atoms with Crippen molar-refractivity contribution in [3.05, 3.63) is 82.9 Å².